The molecule has 3 atom stereocenters. The third kappa shape index (κ3) is 1.87. The highest BCUT2D eigenvalue weighted by Crippen LogP contribution is 2.56. The summed E-state index contributed by atoms with van der Waals surface area (Å²) in [5.41, 5.74) is -2.62. The molecule has 1 aliphatic carbocycles. The van der Waals surface area contributed by atoms with E-state index in [1.54, 1.807) is 20.8 Å². The van der Waals surface area contributed by atoms with Gasteiger partial charge >= 0.3 is 5.97 Å². The lowest BCUT2D eigenvalue weighted by atomic mass is 9.70. The fourth-order valence-corrected chi connectivity index (χ4v) is 3.49. The molecule has 0 aromatic heterocycles. The summed E-state index contributed by atoms with van der Waals surface area (Å²) in [7, 11) is 0. The third-order valence-corrected chi connectivity index (χ3v) is 4.58. The van der Waals surface area contributed by atoms with E-state index in [0.717, 1.165) is 6.42 Å². The average Bonchev–Trinajstić information content (AvgIpc) is 2.63. The summed E-state index contributed by atoms with van der Waals surface area (Å²) in [5, 5.41) is 20.6. The van der Waals surface area contributed by atoms with Crippen LogP contribution in [0.5, 0.6) is 0 Å². The second-order valence-electron chi connectivity index (χ2n) is 6.37. The molecule has 1 heterocycles. The van der Waals surface area contributed by atoms with E-state index in [0.29, 0.717) is 25.9 Å². The van der Waals surface area contributed by atoms with Crippen LogP contribution >= 0.6 is 0 Å². The first-order valence-electron chi connectivity index (χ1n) is 6.31. The van der Waals surface area contributed by atoms with Crippen LogP contribution in [0.4, 0.5) is 0 Å². The van der Waals surface area contributed by atoms with E-state index in [4.69, 9.17) is 4.74 Å². The van der Waals surface area contributed by atoms with Crippen molar-refractivity contribution in [3.05, 3.63) is 0 Å². The highest BCUT2D eigenvalue weighted by Gasteiger charge is 2.63. The van der Waals surface area contributed by atoms with Gasteiger partial charge in [0.05, 0.1) is 23.2 Å². The van der Waals surface area contributed by atoms with E-state index in [2.05, 4.69) is 0 Å². The molecular formula is C13H22O4. The van der Waals surface area contributed by atoms with Gasteiger partial charge in [-0.3, -0.25) is 4.79 Å². The predicted molar refractivity (Wildman–Crippen MR) is 62.3 cm³/mol. The van der Waals surface area contributed by atoms with Crippen molar-refractivity contribution in [1.29, 1.82) is 0 Å². The number of aliphatic hydroxyl groups is 2. The quantitative estimate of drug-likeness (QED) is 0.715. The number of carbonyl (C=O) groups excluding carboxylic acids is 1. The van der Waals surface area contributed by atoms with E-state index in [9.17, 15) is 15.0 Å². The Balaban J connectivity index is 2.23. The Morgan fingerprint density at radius 3 is 2.59 bits per heavy atom. The summed E-state index contributed by atoms with van der Waals surface area (Å²) >= 11 is 0. The summed E-state index contributed by atoms with van der Waals surface area (Å²) in [6, 6.07) is 0. The molecule has 0 radical (unpaired) electrons. The monoisotopic (exact) mass is 242 g/mol. The van der Waals surface area contributed by atoms with Crippen molar-refractivity contribution in [2.75, 3.05) is 6.61 Å². The maximum absolute atomic E-state index is 11.9. The van der Waals surface area contributed by atoms with Gasteiger partial charge < -0.3 is 14.9 Å². The molecule has 2 aliphatic rings. The van der Waals surface area contributed by atoms with Crippen molar-refractivity contribution in [1.82, 2.24) is 0 Å². The number of rotatable bonds is 2. The van der Waals surface area contributed by atoms with E-state index >= 15 is 0 Å². The van der Waals surface area contributed by atoms with Crippen LogP contribution in [-0.2, 0) is 9.53 Å². The Kier molecular flexibility index (Phi) is 2.79. The van der Waals surface area contributed by atoms with Gasteiger partial charge in [0, 0.05) is 6.42 Å². The van der Waals surface area contributed by atoms with Gasteiger partial charge in [0.2, 0.25) is 0 Å². The Hall–Kier alpha value is -0.610. The molecular weight excluding hydrogens is 220 g/mol. The number of hydrogen-bond acceptors (Lipinski definition) is 4. The van der Waals surface area contributed by atoms with Crippen LogP contribution in [0.3, 0.4) is 0 Å². The second-order valence-corrected chi connectivity index (χ2v) is 6.37. The molecule has 98 valence electrons. The Morgan fingerprint density at radius 2 is 2.12 bits per heavy atom. The molecule has 2 fully saturated rings. The molecule has 1 aliphatic heterocycles. The van der Waals surface area contributed by atoms with Gasteiger partial charge in [-0.2, -0.15) is 0 Å². The molecule has 0 aromatic rings. The molecule has 0 unspecified atom stereocenters. The number of carbonyl (C=O) groups is 1. The summed E-state index contributed by atoms with van der Waals surface area (Å²) in [6.07, 6.45) is 2.54. The van der Waals surface area contributed by atoms with E-state index in [-0.39, 0.29) is 11.9 Å². The average molecular weight is 242 g/mol. The zero-order valence-corrected chi connectivity index (χ0v) is 10.8. The summed E-state index contributed by atoms with van der Waals surface area (Å²) in [6.45, 7) is 5.61. The van der Waals surface area contributed by atoms with Crippen molar-refractivity contribution < 1.29 is 19.7 Å². The molecule has 0 aromatic carbocycles. The topological polar surface area (TPSA) is 66.8 Å². The van der Waals surface area contributed by atoms with Crippen LogP contribution in [0.25, 0.3) is 0 Å². The molecule has 4 heteroatoms. The van der Waals surface area contributed by atoms with Gasteiger partial charge in [0.1, 0.15) is 0 Å². The van der Waals surface area contributed by atoms with E-state index in [1.165, 1.54) is 0 Å². The van der Waals surface area contributed by atoms with Crippen molar-refractivity contribution >= 4 is 5.97 Å². The van der Waals surface area contributed by atoms with Crippen LogP contribution in [0.2, 0.25) is 0 Å². The zero-order chi connectivity index (χ0) is 12.9. The van der Waals surface area contributed by atoms with E-state index < -0.39 is 16.6 Å². The minimum atomic E-state index is -1.07. The predicted octanol–water partition coefficient (Wildman–Crippen LogP) is 1.24. The minimum Gasteiger partial charge on any atom is -0.465 e. The van der Waals surface area contributed by atoms with Gasteiger partial charge in [-0.05, 0) is 46.0 Å². The third-order valence-electron chi connectivity index (χ3n) is 4.58. The largest absolute Gasteiger partial charge is 0.465 e. The van der Waals surface area contributed by atoms with Crippen LogP contribution < -0.4 is 0 Å². The second kappa shape index (κ2) is 3.69. The molecule has 0 bridgehead atoms. The van der Waals surface area contributed by atoms with Crippen LogP contribution in [0.15, 0.2) is 0 Å². The normalized spacial score (nSPS) is 42.2. The Bertz CT molecular complexity index is 329. The van der Waals surface area contributed by atoms with Gasteiger partial charge in [-0.1, -0.05) is 0 Å². The fraction of sp³-hybridized carbons (Fsp3) is 0.923. The SMILES string of the molecule is CC(C)(O)C[C@@H]1CC[C@]2(CCOC2=O)[C@@]1(C)O. The molecule has 2 rings (SSSR count). The summed E-state index contributed by atoms with van der Waals surface area (Å²) < 4.78 is 5.04. The molecule has 1 spiro atoms. The molecule has 1 saturated carbocycles. The number of esters is 1. The highest BCUT2D eigenvalue weighted by molar-refractivity contribution is 5.80. The van der Waals surface area contributed by atoms with Gasteiger partial charge in [0.25, 0.3) is 0 Å². The molecule has 1 saturated heterocycles. The molecule has 0 amide bonds. The smallest absolute Gasteiger partial charge is 0.315 e. The number of ether oxygens (including phenoxy) is 1. The lowest BCUT2D eigenvalue weighted by molar-refractivity contribution is -0.160. The Morgan fingerprint density at radius 1 is 1.47 bits per heavy atom. The first-order chi connectivity index (χ1) is 7.69. The van der Waals surface area contributed by atoms with Gasteiger partial charge in [-0.15, -0.1) is 0 Å². The maximum atomic E-state index is 11.9. The van der Waals surface area contributed by atoms with Crippen LogP contribution in [-0.4, -0.2) is 34.0 Å². The molecule has 17 heavy (non-hydrogen) atoms. The lowest BCUT2D eigenvalue weighted by Gasteiger charge is -2.38. The van der Waals surface area contributed by atoms with Gasteiger partial charge in [-0.25, -0.2) is 0 Å². The number of hydrogen-bond donors (Lipinski definition) is 2. The first-order valence-corrected chi connectivity index (χ1v) is 6.31. The van der Waals surface area contributed by atoms with Crippen molar-refractivity contribution in [2.24, 2.45) is 11.3 Å². The van der Waals surface area contributed by atoms with Gasteiger partial charge in [0.15, 0.2) is 0 Å². The summed E-state index contributed by atoms with van der Waals surface area (Å²) in [4.78, 5) is 11.9. The van der Waals surface area contributed by atoms with Crippen molar-refractivity contribution in [2.45, 2.75) is 57.7 Å². The molecule has 4 nitrogen and oxygen atoms in total. The first kappa shape index (κ1) is 12.8. The number of cyclic esters (lactones) is 1. The standard InChI is InChI=1S/C13H22O4/c1-11(2,15)8-9-4-5-13(12(9,3)16)6-7-17-10(13)14/h9,15-16H,4-8H2,1-3H3/t9-,12-,13+/m0/s1. The van der Waals surface area contributed by atoms with Crippen molar-refractivity contribution in [3.8, 4) is 0 Å². The van der Waals surface area contributed by atoms with Crippen LogP contribution in [0, 0.1) is 11.3 Å². The minimum absolute atomic E-state index is 0.0480. The van der Waals surface area contributed by atoms with E-state index in [1.807, 2.05) is 0 Å². The Labute approximate surface area is 102 Å². The zero-order valence-electron chi connectivity index (χ0n) is 10.8. The summed E-state index contributed by atoms with van der Waals surface area (Å²) in [5.74, 6) is -0.311. The lowest BCUT2D eigenvalue weighted by Crippen LogP contribution is -2.49. The highest BCUT2D eigenvalue weighted by atomic mass is 16.5. The van der Waals surface area contributed by atoms with Crippen LogP contribution in [0.1, 0.15) is 46.5 Å². The molecule has 2 N–H and O–H groups in total. The fourth-order valence-electron chi connectivity index (χ4n) is 3.49. The maximum Gasteiger partial charge on any atom is 0.315 e. The van der Waals surface area contributed by atoms with Crippen molar-refractivity contribution in [3.63, 3.8) is 0 Å².